The SMILES string of the molecule is CCN(CC)S(=O)(=O)c1ccc(CCC(=O)Nc2nc(-c3ccccc3F)cs2)cc1. The zero-order chi connectivity index (χ0) is 22.4. The molecule has 0 fully saturated rings. The Hall–Kier alpha value is -2.62. The van der Waals surface area contributed by atoms with Gasteiger partial charge in [-0.1, -0.05) is 38.1 Å². The van der Waals surface area contributed by atoms with Gasteiger partial charge in [-0.3, -0.25) is 4.79 Å². The highest BCUT2D eigenvalue weighted by molar-refractivity contribution is 7.89. The van der Waals surface area contributed by atoms with Crippen molar-refractivity contribution in [2.75, 3.05) is 18.4 Å². The van der Waals surface area contributed by atoms with E-state index in [1.807, 2.05) is 0 Å². The van der Waals surface area contributed by atoms with E-state index < -0.39 is 10.0 Å². The summed E-state index contributed by atoms with van der Waals surface area (Å²) in [5.41, 5.74) is 1.72. The van der Waals surface area contributed by atoms with Gasteiger partial charge < -0.3 is 5.32 Å². The van der Waals surface area contributed by atoms with E-state index in [9.17, 15) is 17.6 Å². The predicted molar refractivity (Wildman–Crippen MR) is 121 cm³/mol. The lowest BCUT2D eigenvalue weighted by molar-refractivity contribution is -0.116. The van der Waals surface area contributed by atoms with Gasteiger partial charge in [-0.05, 0) is 36.2 Å². The van der Waals surface area contributed by atoms with Crippen LogP contribution in [0.1, 0.15) is 25.8 Å². The highest BCUT2D eigenvalue weighted by Gasteiger charge is 2.21. The number of sulfonamides is 1. The van der Waals surface area contributed by atoms with Gasteiger partial charge in [0.2, 0.25) is 15.9 Å². The number of nitrogens with one attached hydrogen (secondary N) is 1. The molecule has 0 atom stereocenters. The minimum atomic E-state index is -3.49. The van der Waals surface area contributed by atoms with Crippen molar-refractivity contribution in [3.05, 3.63) is 65.3 Å². The van der Waals surface area contributed by atoms with Crippen LogP contribution in [0.3, 0.4) is 0 Å². The van der Waals surface area contributed by atoms with Crippen LogP contribution in [0, 0.1) is 5.82 Å². The van der Waals surface area contributed by atoms with E-state index >= 15 is 0 Å². The molecule has 164 valence electrons. The molecule has 9 heteroatoms. The molecule has 0 spiro atoms. The second-order valence-electron chi connectivity index (χ2n) is 6.80. The van der Waals surface area contributed by atoms with Crippen LogP contribution in [0.4, 0.5) is 9.52 Å². The molecule has 0 saturated carbocycles. The van der Waals surface area contributed by atoms with E-state index in [4.69, 9.17) is 0 Å². The lowest BCUT2D eigenvalue weighted by Gasteiger charge is -2.18. The number of nitrogens with zero attached hydrogens (tertiary/aromatic N) is 2. The molecule has 0 aliphatic carbocycles. The van der Waals surface area contributed by atoms with Crippen LogP contribution in [0.15, 0.2) is 58.8 Å². The first-order valence-corrected chi connectivity index (χ1v) is 12.3. The van der Waals surface area contributed by atoms with E-state index in [0.29, 0.717) is 35.9 Å². The van der Waals surface area contributed by atoms with E-state index in [-0.39, 0.29) is 23.0 Å². The number of hydrogen-bond acceptors (Lipinski definition) is 5. The normalized spacial score (nSPS) is 11.6. The van der Waals surface area contributed by atoms with Crippen LogP contribution in [-0.2, 0) is 21.2 Å². The minimum Gasteiger partial charge on any atom is -0.302 e. The number of amides is 1. The van der Waals surface area contributed by atoms with Gasteiger partial charge in [0.15, 0.2) is 5.13 Å². The fourth-order valence-corrected chi connectivity index (χ4v) is 5.29. The quantitative estimate of drug-likeness (QED) is 0.507. The van der Waals surface area contributed by atoms with Crippen molar-refractivity contribution in [3.63, 3.8) is 0 Å². The van der Waals surface area contributed by atoms with Crippen molar-refractivity contribution < 1.29 is 17.6 Å². The highest BCUT2D eigenvalue weighted by Crippen LogP contribution is 2.27. The average Bonchev–Trinajstić information content (AvgIpc) is 3.21. The third kappa shape index (κ3) is 5.55. The summed E-state index contributed by atoms with van der Waals surface area (Å²) in [7, 11) is -3.49. The van der Waals surface area contributed by atoms with E-state index in [2.05, 4.69) is 10.3 Å². The van der Waals surface area contributed by atoms with Crippen LogP contribution in [-0.4, -0.2) is 36.7 Å². The van der Waals surface area contributed by atoms with E-state index in [0.717, 1.165) is 5.56 Å². The standard InChI is InChI=1S/C22H24FN3O3S2/c1-3-26(4-2)31(28,29)17-12-9-16(10-13-17)11-14-21(27)25-22-24-20(15-30-22)18-7-5-6-8-19(18)23/h5-10,12-13,15H,3-4,11,14H2,1-2H3,(H,24,25,27). The number of aryl methyl sites for hydroxylation is 1. The Morgan fingerprint density at radius 3 is 2.42 bits per heavy atom. The maximum absolute atomic E-state index is 13.9. The first-order valence-electron chi connectivity index (χ1n) is 9.94. The molecule has 0 aliphatic heterocycles. The van der Waals surface area contributed by atoms with Gasteiger partial charge in [0.1, 0.15) is 5.82 Å². The summed E-state index contributed by atoms with van der Waals surface area (Å²) in [5.74, 6) is -0.577. The summed E-state index contributed by atoms with van der Waals surface area (Å²) in [6.45, 7) is 4.43. The van der Waals surface area contributed by atoms with Gasteiger partial charge in [-0.15, -0.1) is 11.3 Å². The third-order valence-electron chi connectivity index (χ3n) is 4.81. The molecule has 1 amide bonds. The van der Waals surface area contributed by atoms with Gasteiger partial charge >= 0.3 is 0 Å². The molecule has 0 aliphatic rings. The van der Waals surface area contributed by atoms with Crippen LogP contribution in [0.2, 0.25) is 0 Å². The molecule has 0 bridgehead atoms. The number of carbonyl (C=O) groups excluding carboxylic acids is 1. The number of carbonyl (C=O) groups is 1. The van der Waals surface area contributed by atoms with Crippen molar-refractivity contribution in [1.82, 2.24) is 9.29 Å². The monoisotopic (exact) mass is 461 g/mol. The summed E-state index contributed by atoms with van der Waals surface area (Å²) < 4.78 is 40.3. The molecule has 31 heavy (non-hydrogen) atoms. The van der Waals surface area contributed by atoms with Crippen LogP contribution >= 0.6 is 11.3 Å². The second kappa shape index (κ2) is 10.1. The van der Waals surface area contributed by atoms with Crippen LogP contribution in [0.5, 0.6) is 0 Å². The average molecular weight is 462 g/mol. The number of thiazole rings is 1. The van der Waals surface area contributed by atoms with Gasteiger partial charge in [-0.2, -0.15) is 4.31 Å². The Labute approximate surface area is 185 Å². The summed E-state index contributed by atoms with van der Waals surface area (Å²) >= 11 is 1.23. The van der Waals surface area contributed by atoms with Crippen LogP contribution in [0.25, 0.3) is 11.3 Å². The molecule has 2 aromatic carbocycles. The zero-order valence-corrected chi connectivity index (χ0v) is 19.0. The Kier molecular flexibility index (Phi) is 7.53. The number of rotatable bonds is 9. The van der Waals surface area contributed by atoms with E-state index in [1.54, 1.807) is 61.7 Å². The second-order valence-corrected chi connectivity index (χ2v) is 9.60. The van der Waals surface area contributed by atoms with Crippen molar-refractivity contribution in [2.45, 2.75) is 31.6 Å². The van der Waals surface area contributed by atoms with Crippen LogP contribution < -0.4 is 5.32 Å². The maximum Gasteiger partial charge on any atom is 0.243 e. The highest BCUT2D eigenvalue weighted by atomic mass is 32.2. The van der Waals surface area contributed by atoms with E-state index in [1.165, 1.54) is 21.7 Å². The largest absolute Gasteiger partial charge is 0.302 e. The number of hydrogen-bond donors (Lipinski definition) is 1. The van der Waals surface area contributed by atoms with Crippen molar-refractivity contribution in [1.29, 1.82) is 0 Å². The zero-order valence-electron chi connectivity index (χ0n) is 17.3. The Morgan fingerprint density at radius 2 is 1.77 bits per heavy atom. The first kappa shape index (κ1) is 23.1. The fraction of sp³-hybridized carbons (Fsp3) is 0.273. The summed E-state index contributed by atoms with van der Waals surface area (Å²) in [6, 6.07) is 12.9. The molecule has 0 radical (unpaired) electrons. The van der Waals surface area contributed by atoms with Gasteiger partial charge in [0, 0.05) is 30.5 Å². The summed E-state index contributed by atoms with van der Waals surface area (Å²) in [5, 5.41) is 4.83. The molecular formula is C22H24FN3O3S2. The number of benzene rings is 2. The predicted octanol–water partition coefficient (Wildman–Crippen LogP) is 4.55. The Morgan fingerprint density at radius 1 is 1.10 bits per heavy atom. The molecule has 6 nitrogen and oxygen atoms in total. The van der Waals surface area contributed by atoms with Gasteiger partial charge in [0.05, 0.1) is 10.6 Å². The lowest BCUT2D eigenvalue weighted by Crippen LogP contribution is -2.30. The lowest BCUT2D eigenvalue weighted by atomic mass is 10.1. The Balaban J connectivity index is 1.57. The molecule has 1 aromatic heterocycles. The summed E-state index contributed by atoms with van der Waals surface area (Å²) in [6.07, 6.45) is 0.680. The Bertz CT molecular complexity index is 1140. The molecule has 3 aromatic rings. The third-order valence-corrected chi connectivity index (χ3v) is 7.63. The summed E-state index contributed by atoms with van der Waals surface area (Å²) in [4.78, 5) is 16.8. The smallest absolute Gasteiger partial charge is 0.243 e. The fourth-order valence-electron chi connectivity index (χ4n) is 3.10. The van der Waals surface area contributed by atoms with Crippen molar-refractivity contribution >= 4 is 32.4 Å². The first-order chi connectivity index (χ1) is 14.8. The molecule has 0 unspecified atom stereocenters. The number of anilines is 1. The molecule has 1 heterocycles. The number of aromatic nitrogens is 1. The van der Waals surface area contributed by atoms with Gasteiger partial charge in [-0.25, -0.2) is 17.8 Å². The topological polar surface area (TPSA) is 79.4 Å². The van der Waals surface area contributed by atoms with Crippen molar-refractivity contribution in [3.8, 4) is 11.3 Å². The van der Waals surface area contributed by atoms with Gasteiger partial charge in [0.25, 0.3) is 0 Å². The molecule has 3 rings (SSSR count). The minimum absolute atomic E-state index is 0.214. The molecular weight excluding hydrogens is 437 g/mol. The number of halogens is 1. The maximum atomic E-state index is 13.9. The molecule has 1 N–H and O–H groups in total. The van der Waals surface area contributed by atoms with Crippen molar-refractivity contribution in [2.24, 2.45) is 0 Å². The molecule has 0 saturated heterocycles.